The molecule has 0 atom stereocenters. The van der Waals surface area contributed by atoms with Crippen molar-refractivity contribution in [3.05, 3.63) is 36.0 Å². The van der Waals surface area contributed by atoms with Crippen LogP contribution in [0.4, 0.5) is 20.3 Å². The summed E-state index contributed by atoms with van der Waals surface area (Å²) in [7, 11) is 0. The predicted octanol–water partition coefficient (Wildman–Crippen LogP) is 0.777. The van der Waals surface area contributed by atoms with E-state index in [4.69, 9.17) is 5.73 Å². The van der Waals surface area contributed by atoms with E-state index in [0.717, 1.165) is 6.07 Å². The van der Waals surface area contributed by atoms with E-state index in [9.17, 15) is 13.6 Å². The first-order valence-electron chi connectivity index (χ1n) is 4.96. The van der Waals surface area contributed by atoms with Crippen LogP contribution in [0.25, 0.3) is 0 Å². The zero-order valence-electron chi connectivity index (χ0n) is 9.10. The Morgan fingerprint density at radius 2 is 2.22 bits per heavy atom. The van der Waals surface area contributed by atoms with Crippen LogP contribution in [-0.2, 0) is 11.3 Å². The van der Waals surface area contributed by atoms with Crippen LogP contribution in [-0.4, -0.2) is 20.9 Å². The van der Waals surface area contributed by atoms with E-state index in [0.29, 0.717) is 0 Å². The van der Waals surface area contributed by atoms with Gasteiger partial charge in [-0.2, -0.15) is 0 Å². The molecule has 8 heteroatoms. The average molecular weight is 253 g/mol. The lowest BCUT2D eigenvalue weighted by Crippen LogP contribution is -2.20. The summed E-state index contributed by atoms with van der Waals surface area (Å²) in [5.41, 5.74) is 5.09. The van der Waals surface area contributed by atoms with E-state index in [2.05, 4.69) is 15.6 Å². The van der Waals surface area contributed by atoms with Gasteiger partial charge in [-0.15, -0.1) is 5.10 Å². The Labute approximate surface area is 100 Å². The molecule has 18 heavy (non-hydrogen) atoms. The number of halogens is 2. The highest BCUT2D eigenvalue weighted by Gasteiger charge is 2.11. The molecule has 0 aliphatic heterocycles. The summed E-state index contributed by atoms with van der Waals surface area (Å²) in [5.74, 6) is -2.54. The topological polar surface area (TPSA) is 85.8 Å². The Bertz CT molecular complexity index is 583. The van der Waals surface area contributed by atoms with Crippen LogP contribution < -0.4 is 11.1 Å². The minimum Gasteiger partial charge on any atom is -0.381 e. The minimum absolute atomic E-state index is 0.166. The van der Waals surface area contributed by atoms with Gasteiger partial charge < -0.3 is 11.1 Å². The predicted molar refractivity (Wildman–Crippen MR) is 59.4 cm³/mol. The van der Waals surface area contributed by atoms with Crippen molar-refractivity contribution < 1.29 is 13.6 Å². The van der Waals surface area contributed by atoms with Gasteiger partial charge in [0.1, 0.15) is 6.54 Å². The van der Waals surface area contributed by atoms with Gasteiger partial charge >= 0.3 is 0 Å². The molecule has 1 heterocycles. The highest BCUT2D eigenvalue weighted by atomic mass is 19.2. The largest absolute Gasteiger partial charge is 0.381 e. The monoisotopic (exact) mass is 253 g/mol. The zero-order valence-corrected chi connectivity index (χ0v) is 9.10. The quantitative estimate of drug-likeness (QED) is 0.846. The number of anilines is 2. The number of nitrogens with one attached hydrogen (secondary N) is 1. The molecule has 2 rings (SSSR count). The Kier molecular flexibility index (Phi) is 3.18. The first-order chi connectivity index (χ1) is 8.56. The molecule has 1 amide bonds. The van der Waals surface area contributed by atoms with E-state index in [1.165, 1.54) is 23.0 Å². The molecule has 3 N–H and O–H groups in total. The first kappa shape index (κ1) is 12.0. The SMILES string of the molecule is Nc1cn(CC(=O)Nc2cccc(F)c2F)nn1. The highest BCUT2D eigenvalue weighted by Crippen LogP contribution is 2.16. The van der Waals surface area contributed by atoms with Crippen molar-refractivity contribution >= 4 is 17.4 Å². The Hall–Kier alpha value is -2.51. The number of benzene rings is 1. The second-order valence-electron chi connectivity index (χ2n) is 3.49. The Morgan fingerprint density at radius 1 is 1.44 bits per heavy atom. The molecule has 0 bridgehead atoms. The summed E-state index contributed by atoms with van der Waals surface area (Å²) in [6.07, 6.45) is 1.35. The lowest BCUT2D eigenvalue weighted by atomic mass is 10.3. The smallest absolute Gasteiger partial charge is 0.246 e. The van der Waals surface area contributed by atoms with Crippen molar-refractivity contribution in [2.24, 2.45) is 0 Å². The highest BCUT2D eigenvalue weighted by molar-refractivity contribution is 5.90. The molecule has 0 saturated heterocycles. The summed E-state index contributed by atoms with van der Waals surface area (Å²) in [6, 6.07) is 3.51. The summed E-state index contributed by atoms with van der Waals surface area (Å²) in [4.78, 5) is 11.5. The van der Waals surface area contributed by atoms with Crippen LogP contribution in [0.5, 0.6) is 0 Å². The molecule has 0 fully saturated rings. The third-order valence-electron chi connectivity index (χ3n) is 2.09. The van der Waals surface area contributed by atoms with Gasteiger partial charge in [-0.1, -0.05) is 11.3 Å². The standard InChI is InChI=1S/C10H9F2N5O/c11-6-2-1-3-7(10(6)12)14-9(18)5-17-4-8(13)15-16-17/h1-4H,5,13H2,(H,14,18). The van der Waals surface area contributed by atoms with E-state index in [-0.39, 0.29) is 18.1 Å². The molecular formula is C10H9F2N5O. The Balaban J connectivity index is 2.05. The maximum absolute atomic E-state index is 13.3. The van der Waals surface area contributed by atoms with Crippen LogP contribution in [0.2, 0.25) is 0 Å². The van der Waals surface area contributed by atoms with Gasteiger partial charge in [0.15, 0.2) is 17.5 Å². The maximum Gasteiger partial charge on any atom is 0.246 e. The number of aromatic nitrogens is 3. The minimum atomic E-state index is -1.11. The van der Waals surface area contributed by atoms with Gasteiger partial charge in [0, 0.05) is 0 Å². The van der Waals surface area contributed by atoms with Crippen LogP contribution in [0.3, 0.4) is 0 Å². The molecule has 6 nitrogen and oxygen atoms in total. The summed E-state index contributed by atoms with van der Waals surface area (Å²) in [5, 5.41) is 9.26. The van der Waals surface area contributed by atoms with Crippen molar-refractivity contribution in [2.75, 3.05) is 11.1 Å². The number of nitrogen functional groups attached to an aromatic ring is 1. The van der Waals surface area contributed by atoms with E-state index in [1.807, 2.05) is 0 Å². The van der Waals surface area contributed by atoms with Crippen molar-refractivity contribution in [3.63, 3.8) is 0 Å². The third-order valence-corrected chi connectivity index (χ3v) is 2.09. The van der Waals surface area contributed by atoms with Crippen LogP contribution >= 0.6 is 0 Å². The molecule has 0 aliphatic rings. The van der Waals surface area contributed by atoms with Gasteiger partial charge in [0.2, 0.25) is 5.91 Å². The zero-order chi connectivity index (χ0) is 13.1. The summed E-state index contributed by atoms with van der Waals surface area (Å²) < 4.78 is 27.3. The normalized spacial score (nSPS) is 10.3. The molecule has 0 unspecified atom stereocenters. The van der Waals surface area contributed by atoms with Crippen molar-refractivity contribution in [1.29, 1.82) is 0 Å². The number of hydrogen-bond acceptors (Lipinski definition) is 4. The fourth-order valence-electron chi connectivity index (χ4n) is 1.33. The van der Waals surface area contributed by atoms with Crippen molar-refractivity contribution in [1.82, 2.24) is 15.0 Å². The third kappa shape index (κ3) is 2.59. The van der Waals surface area contributed by atoms with Crippen LogP contribution in [0.15, 0.2) is 24.4 Å². The second-order valence-corrected chi connectivity index (χ2v) is 3.49. The van der Waals surface area contributed by atoms with Crippen LogP contribution in [0.1, 0.15) is 0 Å². The van der Waals surface area contributed by atoms with Gasteiger partial charge in [-0.05, 0) is 12.1 Å². The first-order valence-corrected chi connectivity index (χ1v) is 4.96. The molecular weight excluding hydrogens is 244 g/mol. The number of carbonyl (C=O) groups excluding carboxylic acids is 1. The van der Waals surface area contributed by atoms with E-state index < -0.39 is 17.5 Å². The number of hydrogen-bond donors (Lipinski definition) is 2. The Morgan fingerprint density at radius 3 is 2.89 bits per heavy atom. The molecule has 1 aromatic carbocycles. The van der Waals surface area contributed by atoms with Crippen molar-refractivity contribution in [2.45, 2.75) is 6.54 Å². The number of nitrogens with zero attached hydrogens (tertiary/aromatic N) is 3. The van der Waals surface area contributed by atoms with E-state index >= 15 is 0 Å². The number of nitrogens with two attached hydrogens (primary N) is 1. The maximum atomic E-state index is 13.3. The molecule has 0 saturated carbocycles. The molecule has 94 valence electrons. The second kappa shape index (κ2) is 4.78. The molecule has 2 aromatic rings. The van der Waals surface area contributed by atoms with Crippen molar-refractivity contribution in [3.8, 4) is 0 Å². The van der Waals surface area contributed by atoms with Gasteiger partial charge in [-0.3, -0.25) is 4.79 Å². The molecule has 0 aliphatic carbocycles. The summed E-state index contributed by atoms with van der Waals surface area (Å²) >= 11 is 0. The van der Waals surface area contributed by atoms with Crippen LogP contribution in [0, 0.1) is 11.6 Å². The van der Waals surface area contributed by atoms with Gasteiger partial charge in [-0.25, -0.2) is 13.5 Å². The van der Waals surface area contributed by atoms with Gasteiger partial charge in [0.05, 0.1) is 11.9 Å². The number of carbonyl (C=O) groups is 1. The van der Waals surface area contributed by atoms with E-state index in [1.54, 1.807) is 0 Å². The van der Waals surface area contributed by atoms with Gasteiger partial charge in [0.25, 0.3) is 0 Å². The molecule has 0 radical (unpaired) electrons. The lowest BCUT2D eigenvalue weighted by Gasteiger charge is -2.06. The summed E-state index contributed by atoms with van der Waals surface area (Å²) in [6.45, 7) is -0.194. The molecule has 0 spiro atoms. The fourth-order valence-corrected chi connectivity index (χ4v) is 1.33. The number of rotatable bonds is 3. The fraction of sp³-hybridized carbons (Fsp3) is 0.100. The average Bonchev–Trinajstić information content (AvgIpc) is 2.70. The lowest BCUT2D eigenvalue weighted by molar-refractivity contribution is -0.116. The molecule has 1 aromatic heterocycles. The number of amides is 1.